The molecule has 6 heteroatoms. The molecule has 3 heterocycles. The van der Waals surface area contributed by atoms with Crippen LogP contribution in [0.5, 0.6) is 0 Å². The third kappa shape index (κ3) is 2.29. The molecule has 0 unspecified atom stereocenters. The molecule has 0 N–H and O–H groups in total. The number of aromatic nitrogens is 3. The van der Waals surface area contributed by atoms with E-state index in [-0.39, 0.29) is 0 Å². The SMILES string of the molecule is CN(c1ccncc1Cl)C1CN(c2cc3c(nn2)CCC3)C1. The van der Waals surface area contributed by atoms with Crippen molar-refractivity contribution in [1.82, 2.24) is 15.2 Å². The van der Waals surface area contributed by atoms with E-state index >= 15 is 0 Å². The lowest BCUT2D eigenvalue weighted by Gasteiger charge is -2.45. The average molecular weight is 316 g/mol. The Labute approximate surface area is 134 Å². The fourth-order valence-corrected chi connectivity index (χ4v) is 3.46. The van der Waals surface area contributed by atoms with Crippen LogP contribution in [0.1, 0.15) is 17.7 Å². The lowest BCUT2D eigenvalue weighted by Crippen LogP contribution is -2.59. The predicted octanol–water partition coefficient (Wildman–Crippen LogP) is 2.34. The van der Waals surface area contributed by atoms with Crippen molar-refractivity contribution in [3.63, 3.8) is 0 Å². The summed E-state index contributed by atoms with van der Waals surface area (Å²) in [6.45, 7) is 1.89. The van der Waals surface area contributed by atoms with Gasteiger partial charge in [-0.05, 0) is 37.0 Å². The summed E-state index contributed by atoms with van der Waals surface area (Å²) in [5, 5.41) is 9.44. The van der Waals surface area contributed by atoms with E-state index in [4.69, 9.17) is 11.6 Å². The minimum atomic E-state index is 0.440. The molecule has 0 amide bonds. The van der Waals surface area contributed by atoms with Crippen LogP contribution in [0, 0.1) is 0 Å². The molecular formula is C16H18ClN5. The summed E-state index contributed by atoms with van der Waals surface area (Å²) < 4.78 is 0. The van der Waals surface area contributed by atoms with E-state index in [1.54, 1.807) is 12.4 Å². The van der Waals surface area contributed by atoms with E-state index in [0.29, 0.717) is 11.1 Å². The van der Waals surface area contributed by atoms with E-state index in [0.717, 1.165) is 37.4 Å². The van der Waals surface area contributed by atoms with E-state index < -0.39 is 0 Å². The van der Waals surface area contributed by atoms with Gasteiger partial charge in [0.2, 0.25) is 0 Å². The van der Waals surface area contributed by atoms with Crippen LogP contribution in [0.4, 0.5) is 11.5 Å². The number of fused-ring (bicyclic) bond motifs is 1. The molecule has 2 aliphatic rings. The number of nitrogens with zero attached hydrogens (tertiary/aromatic N) is 5. The van der Waals surface area contributed by atoms with Crippen LogP contribution >= 0.6 is 11.6 Å². The largest absolute Gasteiger partial charge is 0.367 e. The third-order valence-electron chi connectivity index (χ3n) is 4.67. The molecule has 22 heavy (non-hydrogen) atoms. The van der Waals surface area contributed by atoms with Crippen molar-refractivity contribution in [2.24, 2.45) is 0 Å². The summed E-state index contributed by atoms with van der Waals surface area (Å²) in [5.74, 6) is 1.01. The average Bonchev–Trinajstić information content (AvgIpc) is 2.93. The standard InChI is InChI=1S/C16H18ClN5/c1-21(15-5-6-18-8-13(15)17)12-9-22(10-12)16-7-11-3-2-4-14(11)19-20-16/h5-8,12H,2-4,9-10H2,1H3. The minimum absolute atomic E-state index is 0.440. The maximum Gasteiger partial charge on any atom is 0.151 e. The van der Waals surface area contributed by atoms with Crippen molar-refractivity contribution in [2.75, 3.05) is 29.9 Å². The highest BCUT2D eigenvalue weighted by Crippen LogP contribution is 2.30. The molecule has 1 aliphatic heterocycles. The monoisotopic (exact) mass is 315 g/mol. The predicted molar refractivity (Wildman–Crippen MR) is 87.7 cm³/mol. The Bertz CT molecular complexity index is 699. The zero-order valence-corrected chi connectivity index (χ0v) is 13.3. The number of rotatable bonds is 3. The van der Waals surface area contributed by atoms with Crippen LogP contribution in [0.3, 0.4) is 0 Å². The Morgan fingerprint density at radius 1 is 1.27 bits per heavy atom. The molecule has 1 aliphatic carbocycles. The number of hydrogen-bond acceptors (Lipinski definition) is 5. The Kier molecular flexibility index (Phi) is 3.37. The summed E-state index contributed by atoms with van der Waals surface area (Å²) >= 11 is 6.22. The maximum absolute atomic E-state index is 6.22. The first-order valence-corrected chi connectivity index (χ1v) is 8.03. The highest BCUT2D eigenvalue weighted by atomic mass is 35.5. The number of hydrogen-bond donors (Lipinski definition) is 0. The number of pyridine rings is 1. The second-order valence-electron chi connectivity index (χ2n) is 6.02. The lowest BCUT2D eigenvalue weighted by atomic mass is 10.1. The number of aryl methyl sites for hydroxylation is 2. The van der Waals surface area contributed by atoms with Crippen molar-refractivity contribution >= 4 is 23.1 Å². The van der Waals surface area contributed by atoms with Crippen LogP contribution in [-0.2, 0) is 12.8 Å². The molecule has 114 valence electrons. The summed E-state index contributed by atoms with van der Waals surface area (Å²) in [7, 11) is 2.08. The normalized spacial score (nSPS) is 17.3. The van der Waals surface area contributed by atoms with E-state index in [1.807, 2.05) is 6.07 Å². The van der Waals surface area contributed by atoms with Crippen molar-refractivity contribution in [3.8, 4) is 0 Å². The van der Waals surface area contributed by atoms with E-state index in [9.17, 15) is 0 Å². The zero-order chi connectivity index (χ0) is 15.1. The number of halogens is 1. The van der Waals surface area contributed by atoms with E-state index in [1.165, 1.54) is 17.7 Å². The van der Waals surface area contributed by atoms with Gasteiger partial charge >= 0.3 is 0 Å². The fourth-order valence-electron chi connectivity index (χ4n) is 3.21. The highest BCUT2D eigenvalue weighted by molar-refractivity contribution is 6.33. The Hall–Kier alpha value is -1.88. The van der Waals surface area contributed by atoms with Crippen LogP contribution in [-0.4, -0.2) is 41.4 Å². The summed E-state index contributed by atoms with van der Waals surface area (Å²) in [5.41, 5.74) is 3.59. The zero-order valence-electron chi connectivity index (χ0n) is 12.5. The molecule has 0 saturated carbocycles. The molecule has 2 aromatic heterocycles. The molecule has 4 rings (SSSR count). The van der Waals surface area contributed by atoms with Gasteiger partial charge in [0.05, 0.1) is 22.4 Å². The van der Waals surface area contributed by atoms with Gasteiger partial charge in [0.1, 0.15) is 0 Å². The first-order valence-electron chi connectivity index (χ1n) is 7.65. The van der Waals surface area contributed by atoms with Crippen molar-refractivity contribution in [1.29, 1.82) is 0 Å². The van der Waals surface area contributed by atoms with E-state index in [2.05, 4.69) is 38.1 Å². The number of anilines is 2. The molecule has 2 aromatic rings. The molecule has 0 spiro atoms. The summed E-state index contributed by atoms with van der Waals surface area (Å²) in [4.78, 5) is 8.54. The van der Waals surface area contributed by atoms with Gasteiger partial charge in [-0.3, -0.25) is 4.98 Å². The maximum atomic E-state index is 6.22. The van der Waals surface area contributed by atoms with Gasteiger partial charge < -0.3 is 9.80 Å². The molecular weight excluding hydrogens is 298 g/mol. The molecule has 0 aromatic carbocycles. The Balaban J connectivity index is 1.45. The van der Waals surface area contributed by atoms with Crippen molar-refractivity contribution in [3.05, 3.63) is 40.8 Å². The third-order valence-corrected chi connectivity index (χ3v) is 4.96. The molecule has 0 atom stereocenters. The van der Waals surface area contributed by atoms with Crippen LogP contribution in [0.15, 0.2) is 24.5 Å². The van der Waals surface area contributed by atoms with Gasteiger partial charge in [0.25, 0.3) is 0 Å². The second kappa shape index (κ2) is 5.39. The molecule has 1 saturated heterocycles. The second-order valence-corrected chi connectivity index (χ2v) is 6.43. The summed E-state index contributed by atoms with van der Waals surface area (Å²) in [6.07, 6.45) is 6.89. The van der Waals surface area contributed by atoms with Crippen LogP contribution in [0.2, 0.25) is 5.02 Å². The number of likely N-dealkylation sites (N-methyl/N-ethyl adjacent to an activating group) is 1. The first kappa shape index (κ1) is 13.8. The Morgan fingerprint density at radius 2 is 2.14 bits per heavy atom. The van der Waals surface area contributed by atoms with Crippen molar-refractivity contribution in [2.45, 2.75) is 25.3 Å². The molecule has 1 fully saturated rings. The summed E-state index contributed by atoms with van der Waals surface area (Å²) in [6, 6.07) is 4.61. The smallest absolute Gasteiger partial charge is 0.151 e. The van der Waals surface area contributed by atoms with Gasteiger partial charge in [-0.1, -0.05) is 11.6 Å². The Morgan fingerprint density at radius 3 is 2.95 bits per heavy atom. The fraction of sp³-hybridized carbons (Fsp3) is 0.438. The minimum Gasteiger partial charge on any atom is -0.367 e. The quantitative estimate of drug-likeness (QED) is 0.870. The van der Waals surface area contributed by atoms with Gasteiger partial charge in [0.15, 0.2) is 5.82 Å². The van der Waals surface area contributed by atoms with Gasteiger partial charge in [0, 0.05) is 32.5 Å². The van der Waals surface area contributed by atoms with Crippen LogP contribution in [0.25, 0.3) is 0 Å². The highest BCUT2D eigenvalue weighted by Gasteiger charge is 2.32. The molecule has 0 bridgehead atoms. The van der Waals surface area contributed by atoms with Crippen molar-refractivity contribution < 1.29 is 0 Å². The molecule has 0 radical (unpaired) electrons. The first-order chi connectivity index (χ1) is 10.7. The molecule has 5 nitrogen and oxygen atoms in total. The van der Waals surface area contributed by atoms with Gasteiger partial charge in [-0.2, -0.15) is 5.10 Å². The topological polar surface area (TPSA) is 45.2 Å². The van der Waals surface area contributed by atoms with Gasteiger partial charge in [-0.25, -0.2) is 0 Å². The van der Waals surface area contributed by atoms with Crippen LogP contribution < -0.4 is 9.80 Å². The van der Waals surface area contributed by atoms with Gasteiger partial charge in [-0.15, -0.1) is 5.10 Å². The lowest BCUT2D eigenvalue weighted by molar-refractivity contribution is 0.490.